The molecule has 1 aliphatic heterocycles. The van der Waals surface area contributed by atoms with Crippen LogP contribution in [0.25, 0.3) is 0 Å². The Hall–Kier alpha value is -0.000000000000000111. The van der Waals surface area contributed by atoms with Crippen LogP contribution < -0.4 is 4.74 Å². The lowest BCUT2D eigenvalue weighted by Crippen LogP contribution is -2.45. The monoisotopic (exact) mass is 366 g/mol. The van der Waals surface area contributed by atoms with E-state index in [1.54, 1.807) is 0 Å². The normalized spacial score (nSPS) is 17.7. The smallest absolute Gasteiger partial charge is 0.139 e. The Balaban J connectivity index is 1.81. The molecule has 0 bridgehead atoms. The first-order chi connectivity index (χ1) is 9.08. The van der Waals surface area contributed by atoms with Gasteiger partial charge in [-0.1, -0.05) is 23.2 Å². The molecule has 1 heterocycles. The molecule has 6 heteroatoms. The maximum atomic E-state index is 6.13. The molecule has 1 aromatic carbocycles. The molecule has 1 fully saturated rings. The summed E-state index contributed by atoms with van der Waals surface area (Å²) in [6, 6.07) is 3.68. The zero-order chi connectivity index (χ0) is 13.8. The Morgan fingerprint density at radius 1 is 1.16 bits per heavy atom. The van der Waals surface area contributed by atoms with Crippen molar-refractivity contribution in [2.24, 2.45) is 0 Å². The molecule has 0 aromatic heterocycles. The van der Waals surface area contributed by atoms with Gasteiger partial charge in [-0.25, -0.2) is 0 Å². The van der Waals surface area contributed by atoms with E-state index in [1.807, 2.05) is 12.1 Å². The third-order valence-corrected chi connectivity index (χ3v) is 5.01. The van der Waals surface area contributed by atoms with Gasteiger partial charge in [0, 0.05) is 37.2 Å². The van der Waals surface area contributed by atoms with Gasteiger partial charge in [-0.2, -0.15) is 0 Å². The highest BCUT2D eigenvalue weighted by Crippen LogP contribution is 2.37. The fourth-order valence-electron chi connectivity index (χ4n) is 1.98. The molecule has 0 spiro atoms. The van der Waals surface area contributed by atoms with Crippen LogP contribution in [0.3, 0.4) is 0 Å². The minimum atomic E-state index is 0.467. The van der Waals surface area contributed by atoms with Crippen LogP contribution in [-0.4, -0.2) is 56.2 Å². The van der Waals surface area contributed by atoms with Crippen molar-refractivity contribution in [1.82, 2.24) is 9.80 Å². The van der Waals surface area contributed by atoms with E-state index in [4.69, 9.17) is 27.9 Å². The highest BCUT2D eigenvalue weighted by molar-refractivity contribution is 9.10. The summed E-state index contributed by atoms with van der Waals surface area (Å²) >= 11 is 15.5. The molecule has 0 radical (unpaired) electrons. The molecule has 0 atom stereocenters. The van der Waals surface area contributed by atoms with Gasteiger partial charge in [0.05, 0.1) is 5.02 Å². The van der Waals surface area contributed by atoms with Crippen LogP contribution in [0.2, 0.25) is 10.0 Å². The van der Waals surface area contributed by atoms with Crippen LogP contribution in [0.1, 0.15) is 0 Å². The molecule has 19 heavy (non-hydrogen) atoms. The molecule has 0 saturated carbocycles. The van der Waals surface area contributed by atoms with E-state index >= 15 is 0 Å². The lowest BCUT2D eigenvalue weighted by atomic mass is 10.3. The lowest BCUT2D eigenvalue weighted by molar-refractivity contribution is 0.134. The van der Waals surface area contributed by atoms with Crippen LogP contribution in [0.5, 0.6) is 5.75 Å². The Bertz CT molecular complexity index is 437. The van der Waals surface area contributed by atoms with Gasteiger partial charge in [0.15, 0.2) is 0 Å². The predicted molar refractivity (Wildman–Crippen MR) is 83.6 cm³/mol. The second-order valence-electron chi connectivity index (χ2n) is 4.67. The van der Waals surface area contributed by atoms with Crippen molar-refractivity contribution < 1.29 is 4.74 Å². The predicted octanol–water partition coefficient (Wildman–Crippen LogP) is 3.38. The summed E-state index contributed by atoms with van der Waals surface area (Å²) in [5.74, 6) is 0.643. The quantitative estimate of drug-likeness (QED) is 0.758. The second-order valence-corrected chi connectivity index (χ2v) is 6.28. The summed E-state index contributed by atoms with van der Waals surface area (Å²) in [6.07, 6.45) is 0. The Labute approximate surface area is 132 Å². The summed E-state index contributed by atoms with van der Waals surface area (Å²) in [7, 11) is 2.15. The molecular weight excluding hydrogens is 351 g/mol. The van der Waals surface area contributed by atoms with Crippen LogP contribution in [0.15, 0.2) is 16.6 Å². The maximum Gasteiger partial charge on any atom is 0.139 e. The summed E-state index contributed by atoms with van der Waals surface area (Å²) in [6.45, 7) is 5.96. The fraction of sp³-hybridized carbons (Fsp3) is 0.538. The number of nitrogens with zero attached hydrogens (tertiary/aromatic N) is 2. The van der Waals surface area contributed by atoms with Crippen LogP contribution in [0, 0.1) is 0 Å². The fourth-order valence-corrected chi connectivity index (χ4v) is 2.80. The Kier molecular flexibility index (Phi) is 5.78. The number of ether oxygens (including phenoxy) is 1. The van der Waals surface area contributed by atoms with E-state index < -0.39 is 0 Å². The lowest BCUT2D eigenvalue weighted by Gasteiger charge is -2.32. The number of benzene rings is 1. The number of hydrogen-bond acceptors (Lipinski definition) is 3. The van der Waals surface area contributed by atoms with Crippen LogP contribution >= 0.6 is 39.1 Å². The van der Waals surface area contributed by atoms with Crippen molar-refractivity contribution in [2.45, 2.75) is 0 Å². The maximum absolute atomic E-state index is 6.13. The van der Waals surface area contributed by atoms with E-state index in [0.717, 1.165) is 37.2 Å². The third kappa shape index (κ3) is 4.23. The summed E-state index contributed by atoms with van der Waals surface area (Å²) in [4.78, 5) is 4.73. The van der Waals surface area contributed by atoms with E-state index in [-0.39, 0.29) is 0 Å². The molecule has 0 N–H and O–H groups in total. The number of halogens is 3. The molecule has 1 aliphatic rings. The van der Waals surface area contributed by atoms with Gasteiger partial charge in [-0.15, -0.1) is 0 Å². The Morgan fingerprint density at radius 2 is 1.84 bits per heavy atom. The molecule has 106 valence electrons. The van der Waals surface area contributed by atoms with Crippen LogP contribution in [0.4, 0.5) is 0 Å². The third-order valence-electron chi connectivity index (χ3n) is 3.26. The Morgan fingerprint density at radius 3 is 2.53 bits per heavy atom. The van der Waals surface area contributed by atoms with Crippen molar-refractivity contribution in [3.63, 3.8) is 0 Å². The first-order valence-electron chi connectivity index (χ1n) is 6.25. The highest BCUT2D eigenvalue weighted by atomic mass is 79.9. The van der Waals surface area contributed by atoms with Gasteiger partial charge in [-0.05, 0) is 35.1 Å². The van der Waals surface area contributed by atoms with Crippen molar-refractivity contribution in [1.29, 1.82) is 0 Å². The molecular formula is C13H17BrCl2N2O. The topological polar surface area (TPSA) is 15.7 Å². The first-order valence-corrected chi connectivity index (χ1v) is 7.80. The minimum Gasteiger partial charge on any atom is -0.491 e. The van der Waals surface area contributed by atoms with E-state index in [9.17, 15) is 0 Å². The average molecular weight is 368 g/mol. The van der Waals surface area contributed by atoms with Crippen molar-refractivity contribution in [3.05, 3.63) is 26.7 Å². The van der Waals surface area contributed by atoms with Gasteiger partial charge in [0.25, 0.3) is 0 Å². The first kappa shape index (κ1) is 15.4. The van der Waals surface area contributed by atoms with Gasteiger partial charge < -0.3 is 9.64 Å². The molecule has 0 aliphatic carbocycles. The van der Waals surface area contributed by atoms with Gasteiger partial charge in [-0.3, -0.25) is 4.90 Å². The number of hydrogen-bond donors (Lipinski definition) is 0. The molecule has 1 saturated heterocycles. The average Bonchev–Trinajstić information content (AvgIpc) is 2.41. The van der Waals surface area contributed by atoms with Gasteiger partial charge in [0.2, 0.25) is 0 Å². The molecule has 3 nitrogen and oxygen atoms in total. The van der Waals surface area contributed by atoms with Crippen molar-refractivity contribution in [2.75, 3.05) is 46.4 Å². The van der Waals surface area contributed by atoms with Crippen molar-refractivity contribution in [3.8, 4) is 5.75 Å². The largest absolute Gasteiger partial charge is 0.491 e. The zero-order valence-corrected chi connectivity index (χ0v) is 13.9. The summed E-state index contributed by atoms with van der Waals surface area (Å²) in [5, 5.41) is 0.966. The van der Waals surface area contributed by atoms with E-state index in [0.29, 0.717) is 22.4 Å². The molecule has 0 amide bonds. The van der Waals surface area contributed by atoms with E-state index in [1.165, 1.54) is 0 Å². The highest BCUT2D eigenvalue weighted by Gasteiger charge is 2.14. The number of piperazine rings is 1. The van der Waals surface area contributed by atoms with Gasteiger partial charge >= 0.3 is 0 Å². The minimum absolute atomic E-state index is 0.467. The van der Waals surface area contributed by atoms with Crippen LogP contribution in [-0.2, 0) is 0 Å². The van der Waals surface area contributed by atoms with Gasteiger partial charge in [0.1, 0.15) is 17.4 Å². The summed E-state index contributed by atoms with van der Waals surface area (Å²) < 4.78 is 6.49. The molecule has 2 rings (SSSR count). The van der Waals surface area contributed by atoms with Crippen molar-refractivity contribution >= 4 is 39.1 Å². The SMILES string of the molecule is CN1CCN(CCOc2ccc(Br)c(Cl)c2Cl)CC1. The molecule has 0 unspecified atom stereocenters. The standard InChI is InChI=1S/C13H17BrCl2N2O/c1-17-4-6-18(7-5-17)8-9-19-11-3-2-10(14)12(15)13(11)16/h2-3H,4-9H2,1H3. The van der Waals surface area contributed by atoms with E-state index in [2.05, 4.69) is 32.8 Å². The second kappa shape index (κ2) is 7.14. The number of rotatable bonds is 4. The number of likely N-dealkylation sites (N-methyl/N-ethyl adjacent to an activating group) is 1. The zero-order valence-electron chi connectivity index (χ0n) is 10.8. The summed E-state index contributed by atoms with van der Waals surface area (Å²) in [5.41, 5.74) is 0. The molecule has 1 aromatic rings.